The maximum Gasteiger partial charge on any atom is 0.296 e. The number of nitro benzene ring substituents is 1. The predicted octanol–water partition coefficient (Wildman–Crippen LogP) is 3.74. The van der Waals surface area contributed by atoms with E-state index in [0.29, 0.717) is 17.4 Å². The SMILES string of the molecule is COc1ccc(NC(=O)COc2ccc(C(C)C)cc2)c([N+](=O)[O-])c1. The molecule has 2 rings (SSSR count). The molecule has 7 nitrogen and oxygen atoms in total. The predicted molar refractivity (Wildman–Crippen MR) is 94.3 cm³/mol. The van der Waals surface area contributed by atoms with Crippen molar-refractivity contribution in [3.05, 3.63) is 58.1 Å². The summed E-state index contributed by atoms with van der Waals surface area (Å²) >= 11 is 0. The molecule has 2 aromatic rings. The van der Waals surface area contributed by atoms with Crippen LogP contribution in [0.4, 0.5) is 11.4 Å². The van der Waals surface area contributed by atoms with Crippen molar-refractivity contribution in [1.82, 2.24) is 0 Å². The molecule has 0 radical (unpaired) electrons. The number of nitrogens with one attached hydrogen (secondary N) is 1. The molecule has 0 aliphatic heterocycles. The Hall–Kier alpha value is -3.09. The third kappa shape index (κ3) is 4.94. The molecule has 0 spiro atoms. The fourth-order valence-corrected chi connectivity index (χ4v) is 2.18. The van der Waals surface area contributed by atoms with Gasteiger partial charge in [0.2, 0.25) is 0 Å². The molecule has 7 heteroatoms. The highest BCUT2D eigenvalue weighted by molar-refractivity contribution is 5.94. The number of carbonyl (C=O) groups is 1. The van der Waals surface area contributed by atoms with E-state index in [1.54, 1.807) is 12.1 Å². The Bertz CT molecular complexity index is 757. The minimum atomic E-state index is -0.580. The average Bonchev–Trinajstić information content (AvgIpc) is 2.60. The van der Waals surface area contributed by atoms with E-state index in [-0.39, 0.29) is 18.0 Å². The van der Waals surface area contributed by atoms with Crippen LogP contribution in [0.1, 0.15) is 25.3 Å². The first kappa shape index (κ1) is 18.3. The molecule has 0 heterocycles. The average molecular weight is 344 g/mol. The van der Waals surface area contributed by atoms with Crippen LogP contribution in [0.2, 0.25) is 0 Å². The Balaban J connectivity index is 1.99. The number of ether oxygens (including phenoxy) is 2. The number of rotatable bonds is 7. The lowest BCUT2D eigenvalue weighted by atomic mass is 10.0. The van der Waals surface area contributed by atoms with Crippen LogP contribution in [0.15, 0.2) is 42.5 Å². The van der Waals surface area contributed by atoms with Gasteiger partial charge in [-0.2, -0.15) is 0 Å². The molecule has 0 saturated heterocycles. The van der Waals surface area contributed by atoms with Gasteiger partial charge in [0.25, 0.3) is 11.6 Å². The van der Waals surface area contributed by atoms with Crippen molar-refractivity contribution in [3.8, 4) is 11.5 Å². The largest absolute Gasteiger partial charge is 0.496 e. The maximum absolute atomic E-state index is 12.0. The van der Waals surface area contributed by atoms with Crippen LogP contribution in [0.3, 0.4) is 0 Å². The van der Waals surface area contributed by atoms with Crippen molar-refractivity contribution in [3.63, 3.8) is 0 Å². The van der Waals surface area contributed by atoms with E-state index < -0.39 is 10.8 Å². The van der Waals surface area contributed by atoms with Gasteiger partial charge in [-0.3, -0.25) is 14.9 Å². The van der Waals surface area contributed by atoms with Gasteiger partial charge in [0.05, 0.1) is 18.1 Å². The molecule has 0 unspecified atom stereocenters. The number of benzene rings is 2. The Morgan fingerprint density at radius 2 is 1.80 bits per heavy atom. The number of amides is 1. The lowest BCUT2D eigenvalue weighted by Crippen LogP contribution is -2.20. The summed E-state index contributed by atoms with van der Waals surface area (Å²) in [5.41, 5.74) is 1.02. The molecule has 1 N–H and O–H groups in total. The molecule has 0 aliphatic carbocycles. The smallest absolute Gasteiger partial charge is 0.296 e. The summed E-state index contributed by atoms with van der Waals surface area (Å²) in [5, 5.41) is 13.6. The lowest BCUT2D eigenvalue weighted by molar-refractivity contribution is -0.384. The molecule has 0 aromatic heterocycles. The second-order valence-corrected chi connectivity index (χ2v) is 5.70. The van der Waals surface area contributed by atoms with Crippen molar-refractivity contribution < 1.29 is 19.2 Å². The van der Waals surface area contributed by atoms with Gasteiger partial charge in [-0.15, -0.1) is 0 Å². The van der Waals surface area contributed by atoms with E-state index in [2.05, 4.69) is 19.2 Å². The molecule has 0 fully saturated rings. The van der Waals surface area contributed by atoms with E-state index >= 15 is 0 Å². The van der Waals surface area contributed by atoms with E-state index in [1.165, 1.54) is 30.9 Å². The van der Waals surface area contributed by atoms with Crippen molar-refractivity contribution in [2.75, 3.05) is 19.0 Å². The first-order valence-electron chi connectivity index (χ1n) is 7.75. The zero-order valence-corrected chi connectivity index (χ0v) is 14.3. The number of carbonyl (C=O) groups excluding carboxylic acids is 1. The number of methoxy groups -OCH3 is 1. The fraction of sp³-hybridized carbons (Fsp3) is 0.278. The zero-order chi connectivity index (χ0) is 18.4. The Kier molecular flexibility index (Phi) is 5.94. The van der Waals surface area contributed by atoms with Crippen LogP contribution in [0.25, 0.3) is 0 Å². The number of hydrogen-bond acceptors (Lipinski definition) is 5. The maximum atomic E-state index is 12.0. The van der Waals surface area contributed by atoms with Gasteiger partial charge < -0.3 is 14.8 Å². The molecule has 2 aromatic carbocycles. The third-order valence-electron chi connectivity index (χ3n) is 3.59. The summed E-state index contributed by atoms with van der Waals surface area (Å²) in [4.78, 5) is 22.5. The number of hydrogen-bond donors (Lipinski definition) is 1. The van der Waals surface area contributed by atoms with Crippen LogP contribution in [-0.4, -0.2) is 24.5 Å². The molecule has 0 saturated carbocycles. The third-order valence-corrected chi connectivity index (χ3v) is 3.59. The highest BCUT2D eigenvalue weighted by atomic mass is 16.6. The monoisotopic (exact) mass is 344 g/mol. The first-order valence-corrected chi connectivity index (χ1v) is 7.75. The topological polar surface area (TPSA) is 90.7 Å². The summed E-state index contributed by atoms with van der Waals surface area (Å²) in [6, 6.07) is 11.7. The molecule has 0 atom stereocenters. The van der Waals surface area contributed by atoms with Crippen molar-refractivity contribution >= 4 is 17.3 Å². The first-order chi connectivity index (χ1) is 11.9. The summed E-state index contributed by atoms with van der Waals surface area (Å²) < 4.78 is 10.4. The van der Waals surface area contributed by atoms with Gasteiger partial charge >= 0.3 is 0 Å². The number of nitrogens with zero attached hydrogens (tertiary/aromatic N) is 1. The minimum absolute atomic E-state index is 0.0922. The molecule has 1 amide bonds. The van der Waals surface area contributed by atoms with Crippen molar-refractivity contribution in [2.24, 2.45) is 0 Å². The van der Waals surface area contributed by atoms with Crippen molar-refractivity contribution in [1.29, 1.82) is 0 Å². The van der Waals surface area contributed by atoms with Gasteiger partial charge in [0, 0.05) is 0 Å². The van der Waals surface area contributed by atoms with E-state index in [0.717, 1.165) is 0 Å². The van der Waals surface area contributed by atoms with E-state index in [1.807, 2.05) is 12.1 Å². The van der Waals surface area contributed by atoms with Crippen LogP contribution >= 0.6 is 0 Å². The summed E-state index contributed by atoms with van der Waals surface area (Å²) in [5.74, 6) is 0.823. The molecule has 0 bridgehead atoms. The molecule has 25 heavy (non-hydrogen) atoms. The fourth-order valence-electron chi connectivity index (χ4n) is 2.18. The van der Waals surface area contributed by atoms with Crippen LogP contribution in [-0.2, 0) is 4.79 Å². The summed E-state index contributed by atoms with van der Waals surface area (Å²) in [6.07, 6.45) is 0. The van der Waals surface area contributed by atoms with Gasteiger partial charge in [0.15, 0.2) is 6.61 Å². The van der Waals surface area contributed by atoms with Gasteiger partial charge in [-0.25, -0.2) is 0 Å². The van der Waals surface area contributed by atoms with E-state index in [4.69, 9.17) is 9.47 Å². The molecular formula is C18H20N2O5. The van der Waals surface area contributed by atoms with Gasteiger partial charge in [-0.1, -0.05) is 26.0 Å². The second-order valence-electron chi connectivity index (χ2n) is 5.70. The number of anilines is 1. The van der Waals surface area contributed by atoms with Crippen LogP contribution in [0.5, 0.6) is 11.5 Å². The highest BCUT2D eigenvalue weighted by Crippen LogP contribution is 2.29. The quantitative estimate of drug-likeness (QED) is 0.610. The highest BCUT2D eigenvalue weighted by Gasteiger charge is 2.17. The molecular weight excluding hydrogens is 324 g/mol. The van der Waals surface area contributed by atoms with E-state index in [9.17, 15) is 14.9 Å². The standard InChI is InChI=1S/C18H20N2O5/c1-12(2)13-4-6-14(7-5-13)25-11-18(21)19-16-9-8-15(24-3)10-17(16)20(22)23/h4-10,12H,11H2,1-3H3,(H,19,21). The van der Waals surface area contributed by atoms with Crippen molar-refractivity contribution in [2.45, 2.75) is 19.8 Å². The van der Waals surface area contributed by atoms with Crippen LogP contribution < -0.4 is 14.8 Å². The number of nitro groups is 1. The minimum Gasteiger partial charge on any atom is -0.496 e. The van der Waals surface area contributed by atoms with Gasteiger partial charge in [0.1, 0.15) is 17.2 Å². The summed E-state index contributed by atoms with van der Waals surface area (Å²) in [6.45, 7) is 3.93. The molecule has 132 valence electrons. The Labute approximate surface area is 145 Å². The van der Waals surface area contributed by atoms with Gasteiger partial charge in [-0.05, 0) is 35.7 Å². The Morgan fingerprint density at radius 1 is 1.16 bits per heavy atom. The normalized spacial score (nSPS) is 10.4. The Morgan fingerprint density at radius 3 is 2.36 bits per heavy atom. The summed E-state index contributed by atoms with van der Waals surface area (Å²) in [7, 11) is 1.41. The molecule has 0 aliphatic rings. The lowest BCUT2D eigenvalue weighted by Gasteiger charge is -2.10. The zero-order valence-electron chi connectivity index (χ0n) is 14.3. The second kappa shape index (κ2) is 8.14. The van der Waals surface area contributed by atoms with Crippen LogP contribution in [0, 0.1) is 10.1 Å².